The highest BCUT2D eigenvalue weighted by Crippen LogP contribution is 2.27. The maximum Gasteiger partial charge on any atom is 0.271 e. The predicted molar refractivity (Wildman–Crippen MR) is 185 cm³/mol. The Balaban J connectivity index is 1.61. The van der Waals surface area contributed by atoms with Gasteiger partial charge in [-0.3, -0.25) is 19.2 Å². The average Bonchev–Trinajstić information content (AvgIpc) is 3.72. The van der Waals surface area contributed by atoms with Crippen LogP contribution in [0.5, 0.6) is 0 Å². The number of amides is 4. The Hall–Kier alpha value is -3.68. The minimum Gasteiger partial charge on any atom is -0.351 e. The van der Waals surface area contributed by atoms with Gasteiger partial charge < -0.3 is 26.6 Å². The summed E-state index contributed by atoms with van der Waals surface area (Å²) < 4.78 is 0. The van der Waals surface area contributed by atoms with E-state index in [0.717, 1.165) is 5.56 Å². The van der Waals surface area contributed by atoms with Crippen molar-refractivity contribution in [1.29, 1.82) is 0 Å². The molecule has 0 fully saturated rings. The van der Waals surface area contributed by atoms with Crippen molar-refractivity contribution in [2.45, 2.75) is 84.3 Å². The molecule has 1 aliphatic rings. The van der Waals surface area contributed by atoms with E-state index < -0.39 is 12.1 Å². The highest BCUT2D eigenvalue weighted by atomic mass is 32.1. The summed E-state index contributed by atoms with van der Waals surface area (Å²) in [6.07, 6.45) is 2.91. The lowest BCUT2D eigenvalue weighted by Gasteiger charge is -2.27. The van der Waals surface area contributed by atoms with E-state index in [2.05, 4.69) is 39.8 Å². The quantitative estimate of drug-likeness (QED) is 0.283. The lowest BCUT2D eigenvalue weighted by molar-refractivity contribution is -0.133. The fourth-order valence-corrected chi connectivity index (χ4v) is 7.23. The van der Waals surface area contributed by atoms with E-state index >= 15 is 0 Å². The third-order valence-electron chi connectivity index (χ3n) is 7.81. The zero-order chi connectivity index (χ0) is 33.9. The van der Waals surface area contributed by atoms with Crippen LogP contribution in [-0.4, -0.2) is 64.2 Å². The number of nitrogens with one attached hydrogen (secondary N) is 3. The Labute approximate surface area is 285 Å². The third kappa shape index (κ3) is 10.9. The molecule has 3 atom stereocenters. The maximum absolute atomic E-state index is 13.5. The van der Waals surface area contributed by atoms with Gasteiger partial charge in [0.1, 0.15) is 21.4 Å². The summed E-state index contributed by atoms with van der Waals surface area (Å²) >= 11 is 2.65. The van der Waals surface area contributed by atoms with E-state index in [1.54, 1.807) is 15.7 Å². The molecule has 3 heterocycles. The van der Waals surface area contributed by atoms with Crippen molar-refractivity contribution in [3.8, 4) is 0 Å². The summed E-state index contributed by atoms with van der Waals surface area (Å²) in [5.41, 5.74) is 7.81. The molecular weight excluding hydrogens is 635 g/mol. The number of carbonyl (C=O) groups excluding carboxylic acids is 4. The molecular formula is C34H47N7O4S2. The largest absolute Gasteiger partial charge is 0.351 e. The Kier molecular flexibility index (Phi) is 13.4. The SMILES string of the molecule is CC(C)C[C@@H](N)C(=O)N1CCCNC(=O)c2csc(n2)[C@H](Cc2ccccc2)NC(=O)c2csc(n2)[C@H](CC(C)C)NC(=O)CCC1. The number of hydrogen-bond donors (Lipinski definition) is 4. The fourth-order valence-electron chi connectivity index (χ4n) is 5.51. The van der Waals surface area contributed by atoms with Crippen LogP contribution in [0, 0.1) is 11.8 Å². The molecule has 4 amide bonds. The number of nitrogens with two attached hydrogens (primary N) is 1. The Bertz CT molecular complexity index is 1490. The van der Waals surface area contributed by atoms with Gasteiger partial charge in [0, 0.05) is 36.8 Å². The normalized spacial score (nSPS) is 19.5. The molecule has 254 valence electrons. The molecule has 4 bridgehead atoms. The number of rotatable bonds is 7. The Morgan fingerprint density at radius 3 is 2.19 bits per heavy atom. The second-order valence-electron chi connectivity index (χ2n) is 12.9. The van der Waals surface area contributed by atoms with Crippen LogP contribution in [0.2, 0.25) is 0 Å². The number of benzene rings is 1. The van der Waals surface area contributed by atoms with Crippen molar-refractivity contribution in [3.05, 3.63) is 68.1 Å². The van der Waals surface area contributed by atoms with E-state index in [1.807, 2.05) is 44.2 Å². The Morgan fingerprint density at radius 1 is 0.894 bits per heavy atom. The minimum atomic E-state index is -0.629. The summed E-state index contributed by atoms with van der Waals surface area (Å²) in [5, 5.41) is 13.8. The van der Waals surface area contributed by atoms with Crippen LogP contribution >= 0.6 is 22.7 Å². The first-order valence-corrected chi connectivity index (χ1v) is 18.1. The minimum absolute atomic E-state index is 0.142. The maximum atomic E-state index is 13.5. The number of aromatic nitrogens is 2. The Morgan fingerprint density at radius 2 is 1.53 bits per heavy atom. The molecule has 11 nitrogen and oxygen atoms in total. The van der Waals surface area contributed by atoms with Crippen LogP contribution in [0.1, 0.15) is 108 Å². The molecule has 4 rings (SSSR count). The first-order chi connectivity index (χ1) is 22.5. The van der Waals surface area contributed by atoms with Crippen molar-refractivity contribution in [3.63, 3.8) is 0 Å². The van der Waals surface area contributed by atoms with Gasteiger partial charge in [0.05, 0.1) is 18.1 Å². The lowest BCUT2D eigenvalue weighted by atomic mass is 10.0. The molecule has 13 heteroatoms. The summed E-state index contributed by atoms with van der Waals surface area (Å²) in [7, 11) is 0. The summed E-state index contributed by atoms with van der Waals surface area (Å²) in [5.74, 6) is -0.428. The highest BCUT2D eigenvalue weighted by molar-refractivity contribution is 7.10. The van der Waals surface area contributed by atoms with Gasteiger partial charge in [-0.05, 0) is 49.5 Å². The number of fused-ring (bicyclic) bond motifs is 4. The first-order valence-electron chi connectivity index (χ1n) is 16.4. The number of nitrogens with zero attached hydrogens (tertiary/aromatic N) is 3. The summed E-state index contributed by atoms with van der Waals surface area (Å²) in [6.45, 7) is 9.31. The molecule has 0 aliphatic carbocycles. The van der Waals surface area contributed by atoms with Crippen LogP contribution in [0.4, 0.5) is 0 Å². The molecule has 0 saturated carbocycles. The smallest absolute Gasteiger partial charge is 0.271 e. The van der Waals surface area contributed by atoms with Crippen molar-refractivity contribution < 1.29 is 19.2 Å². The zero-order valence-corrected chi connectivity index (χ0v) is 29.3. The number of thiazole rings is 2. The van der Waals surface area contributed by atoms with Crippen LogP contribution in [0.3, 0.4) is 0 Å². The predicted octanol–water partition coefficient (Wildman–Crippen LogP) is 4.63. The van der Waals surface area contributed by atoms with Crippen LogP contribution < -0.4 is 21.7 Å². The van der Waals surface area contributed by atoms with Gasteiger partial charge in [-0.1, -0.05) is 58.0 Å². The van der Waals surface area contributed by atoms with Gasteiger partial charge >= 0.3 is 0 Å². The third-order valence-corrected chi connectivity index (χ3v) is 9.73. The van der Waals surface area contributed by atoms with Crippen LogP contribution in [0.15, 0.2) is 41.1 Å². The van der Waals surface area contributed by atoms with Crippen LogP contribution in [-0.2, 0) is 16.0 Å². The molecule has 1 aromatic carbocycles. The van der Waals surface area contributed by atoms with Gasteiger partial charge in [-0.15, -0.1) is 22.7 Å². The molecule has 2 aromatic heterocycles. The number of hydrogen-bond acceptors (Lipinski definition) is 9. The standard InChI is InChI=1S/C34H47N7O4S2/c1-21(2)16-24(35)34(45)41-14-8-12-29(42)37-25(17-22(3)4)32-40-28(20-47-32)31(44)38-26(18-23-10-6-5-7-11-23)33-39-27(19-46-33)30(43)36-13-9-15-41/h5-7,10-11,19-22,24-26H,8-9,12-18,35H2,1-4H3,(H,36,43)(H,37,42)(H,38,44)/t24-,25+,26+/m1/s1. The molecule has 0 unspecified atom stereocenters. The molecule has 0 radical (unpaired) electrons. The van der Waals surface area contributed by atoms with Gasteiger partial charge in [-0.25, -0.2) is 9.97 Å². The van der Waals surface area contributed by atoms with Gasteiger partial charge in [-0.2, -0.15) is 0 Å². The van der Waals surface area contributed by atoms with E-state index in [0.29, 0.717) is 61.8 Å². The molecule has 1 aliphatic heterocycles. The topological polar surface area (TPSA) is 159 Å². The van der Waals surface area contributed by atoms with E-state index in [1.165, 1.54) is 22.7 Å². The second-order valence-corrected chi connectivity index (χ2v) is 14.7. The first kappa shape index (κ1) is 36.2. The van der Waals surface area contributed by atoms with Gasteiger partial charge in [0.15, 0.2) is 0 Å². The molecule has 3 aromatic rings. The lowest BCUT2D eigenvalue weighted by Crippen LogP contribution is -2.46. The molecule has 5 N–H and O–H groups in total. The summed E-state index contributed by atoms with van der Waals surface area (Å²) in [4.78, 5) is 64.0. The van der Waals surface area contributed by atoms with Crippen molar-refractivity contribution >= 4 is 46.3 Å². The highest BCUT2D eigenvalue weighted by Gasteiger charge is 2.26. The molecule has 0 spiro atoms. The zero-order valence-electron chi connectivity index (χ0n) is 27.7. The molecule has 0 saturated heterocycles. The van der Waals surface area contributed by atoms with Gasteiger partial charge in [0.25, 0.3) is 11.8 Å². The van der Waals surface area contributed by atoms with Gasteiger partial charge in [0.2, 0.25) is 11.8 Å². The summed E-state index contributed by atoms with van der Waals surface area (Å²) in [6, 6.07) is 8.31. The second kappa shape index (κ2) is 17.5. The fraction of sp³-hybridized carbons (Fsp3) is 0.529. The number of carbonyl (C=O) groups is 4. The average molecular weight is 682 g/mol. The van der Waals surface area contributed by atoms with Crippen molar-refractivity contribution in [2.24, 2.45) is 17.6 Å². The van der Waals surface area contributed by atoms with Crippen molar-refractivity contribution in [1.82, 2.24) is 30.8 Å². The van der Waals surface area contributed by atoms with E-state index in [4.69, 9.17) is 5.73 Å². The monoisotopic (exact) mass is 681 g/mol. The van der Waals surface area contributed by atoms with E-state index in [9.17, 15) is 19.2 Å². The van der Waals surface area contributed by atoms with Crippen molar-refractivity contribution in [2.75, 3.05) is 19.6 Å². The van der Waals surface area contributed by atoms with E-state index in [-0.39, 0.29) is 59.3 Å². The molecule has 47 heavy (non-hydrogen) atoms. The van der Waals surface area contributed by atoms with Crippen LogP contribution in [0.25, 0.3) is 0 Å².